The Morgan fingerprint density at radius 2 is 1.92 bits per heavy atom. The topological polar surface area (TPSA) is 114 Å². The number of anilines is 4. The maximum Gasteiger partial charge on any atom is 0.227 e. The highest BCUT2D eigenvalue weighted by Crippen LogP contribution is 2.39. The fraction of sp³-hybridized carbons (Fsp3) is 0.333. The quantitative estimate of drug-likeness (QED) is 0.302. The van der Waals surface area contributed by atoms with Crippen LogP contribution in [0.1, 0.15) is 26.3 Å². The van der Waals surface area contributed by atoms with Crippen LogP contribution in [-0.4, -0.2) is 52.8 Å². The number of nitrogens with one attached hydrogen (secondary N) is 2. The molecule has 4 heterocycles. The molecule has 0 bridgehead atoms. The minimum absolute atomic E-state index is 0.450. The minimum Gasteiger partial charge on any atom is -0.378 e. The smallest absolute Gasteiger partial charge is 0.227 e. The molecule has 0 amide bonds. The Balaban J connectivity index is 1.43. The molecule has 4 N–H and O–H groups in total. The lowest BCUT2D eigenvalue weighted by Gasteiger charge is -2.27. The van der Waals surface area contributed by atoms with Crippen molar-refractivity contribution in [3.8, 4) is 21.8 Å². The van der Waals surface area contributed by atoms with Crippen molar-refractivity contribution in [1.82, 2.24) is 19.9 Å². The molecule has 0 aliphatic carbocycles. The van der Waals surface area contributed by atoms with E-state index >= 15 is 0 Å². The highest BCUT2D eigenvalue weighted by atomic mass is 32.1. The number of pyridine rings is 1. The van der Waals surface area contributed by atoms with Crippen molar-refractivity contribution < 1.29 is 4.74 Å². The third-order valence-electron chi connectivity index (χ3n) is 6.06. The van der Waals surface area contributed by atoms with E-state index in [0.717, 1.165) is 76.9 Å². The zero-order chi connectivity index (χ0) is 25.8. The Morgan fingerprint density at radius 3 is 2.65 bits per heavy atom. The van der Waals surface area contributed by atoms with Gasteiger partial charge in [-0.25, -0.2) is 19.9 Å². The molecule has 9 nitrogen and oxygen atoms in total. The molecule has 37 heavy (non-hydrogen) atoms. The Labute approximate surface area is 221 Å². The maximum absolute atomic E-state index is 6.38. The van der Waals surface area contributed by atoms with Gasteiger partial charge in [0.1, 0.15) is 5.82 Å². The van der Waals surface area contributed by atoms with E-state index < -0.39 is 5.54 Å². The van der Waals surface area contributed by atoms with Gasteiger partial charge in [0, 0.05) is 36.9 Å². The van der Waals surface area contributed by atoms with Crippen LogP contribution in [0.4, 0.5) is 22.6 Å². The average molecular weight is 517 g/mol. The van der Waals surface area contributed by atoms with E-state index in [9.17, 15) is 0 Å². The normalized spacial score (nSPS) is 14.0. The van der Waals surface area contributed by atoms with Crippen LogP contribution in [0.5, 0.6) is 0 Å². The second kappa shape index (κ2) is 10.8. The standard InChI is InChI=1S/C27H32N8OS/c1-4-29-26-34-23(18-6-5-7-19(16-18)27(2,3)28)24(37-26)21-10-11-30-25(33-21)32-20-8-9-22(31-17-20)35-12-14-36-15-13-35/h5-11,16-17H,4,12-15,28H2,1-3H3,(H,29,34)(H,30,32,33). The number of ether oxygens (including phenoxy) is 1. The molecule has 0 spiro atoms. The third kappa shape index (κ3) is 5.87. The van der Waals surface area contributed by atoms with Gasteiger partial charge in [-0.1, -0.05) is 29.5 Å². The van der Waals surface area contributed by atoms with E-state index in [1.165, 1.54) is 0 Å². The first-order chi connectivity index (χ1) is 17.9. The molecule has 0 unspecified atom stereocenters. The second-order valence-corrected chi connectivity index (χ2v) is 10.4. The molecule has 3 aromatic heterocycles. The van der Waals surface area contributed by atoms with Crippen LogP contribution in [0.2, 0.25) is 0 Å². The van der Waals surface area contributed by atoms with Crippen LogP contribution < -0.4 is 21.3 Å². The highest BCUT2D eigenvalue weighted by molar-refractivity contribution is 7.19. The van der Waals surface area contributed by atoms with Crippen LogP contribution in [-0.2, 0) is 10.3 Å². The number of thiazole rings is 1. The van der Waals surface area contributed by atoms with E-state index in [1.807, 2.05) is 50.4 Å². The van der Waals surface area contributed by atoms with Gasteiger partial charge in [0.15, 0.2) is 5.13 Å². The minimum atomic E-state index is -0.450. The number of nitrogens with two attached hydrogens (primary N) is 1. The lowest BCUT2D eigenvalue weighted by Crippen LogP contribution is -2.36. The van der Waals surface area contributed by atoms with Gasteiger partial charge in [-0.3, -0.25) is 0 Å². The van der Waals surface area contributed by atoms with E-state index in [4.69, 9.17) is 20.4 Å². The number of rotatable bonds is 8. The van der Waals surface area contributed by atoms with E-state index in [-0.39, 0.29) is 0 Å². The summed E-state index contributed by atoms with van der Waals surface area (Å²) in [7, 11) is 0. The predicted molar refractivity (Wildman–Crippen MR) is 151 cm³/mol. The van der Waals surface area contributed by atoms with Crippen molar-refractivity contribution in [3.05, 3.63) is 60.4 Å². The van der Waals surface area contributed by atoms with Crippen LogP contribution in [0.3, 0.4) is 0 Å². The molecular formula is C27H32N8OS. The lowest BCUT2D eigenvalue weighted by molar-refractivity contribution is 0.122. The first kappa shape index (κ1) is 25.1. The zero-order valence-corrected chi connectivity index (χ0v) is 22.2. The number of hydrogen-bond acceptors (Lipinski definition) is 10. The van der Waals surface area contributed by atoms with Gasteiger partial charge in [-0.15, -0.1) is 0 Å². The summed E-state index contributed by atoms with van der Waals surface area (Å²) in [4.78, 5) is 22.0. The van der Waals surface area contributed by atoms with E-state index in [2.05, 4.69) is 44.6 Å². The number of benzene rings is 1. The summed E-state index contributed by atoms with van der Waals surface area (Å²) in [5.41, 5.74) is 10.5. The molecule has 1 aliphatic heterocycles. The van der Waals surface area contributed by atoms with Gasteiger partial charge in [-0.05, 0) is 50.6 Å². The summed E-state index contributed by atoms with van der Waals surface area (Å²) in [6.45, 7) is 10.0. The molecular weight excluding hydrogens is 484 g/mol. The molecule has 0 saturated carbocycles. The fourth-order valence-corrected chi connectivity index (χ4v) is 5.12. The van der Waals surface area contributed by atoms with E-state index in [0.29, 0.717) is 5.95 Å². The molecule has 0 radical (unpaired) electrons. The predicted octanol–water partition coefficient (Wildman–Crippen LogP) is 4.87. The molecule has 10 heteroatoms. The zero-order valence-electron chi connectivity index (χ0n) is 21.4. The van der Waals surface area contributed by atoms with Gasteiger partial charge in [-0.2, -0.15) is 0 Å². The van der Waals surface area contributed by atoms with Gasteiger partial charge in [0.05, 0.1) is 41.4 Å². The summed E-state index contributed by atoms with van der Waals surface area (Å²) < 4.78 is 5.43. The number of morpholine rings is 1. The van der Waals surface area contributed by atoms with Gasteiger partial charge >= 0.3 is 0 Å². The molecule has 1 saturated heterocycles. The van der Waals surface area contributed by atoms with E-state index in [1.54, 1.807) is 17.5 Å². The van der Waals surface area contributed by atoms with Crippen LogP contribution in [0, 0.1) is 0 Å². The first-order valence-corrected chi connectivity index (χ1v) is 13.3. The van der Waals surface area contributed by atoms with Crippen LogP contribution >= 0.6 is 11.3 Å². The van der Waals surface area contributed by atoms with Crippen LogP contribution in [0.15, 0.2) is 54.9 Å². The Hall–Kier alpha value is -3.60. The maximum atomic E-state index is 6.38. The van der Waals surface area contributed by atoms with Crippen molar-refractivity contribution in [1.29, 1.82) is 0 Å². The molecule has 1 aliphatic rings. The molecule has 1 fully saturated rings. The fourth-order valence-electron chi connectivity index (χ4n) is 4.10. The van der Waals surface area contributed by atoms with Crippen molar-refractivity contribution in [2.24, 2.45) is 5.73 Å². The summed E-state index contributed by atoms with van der Waals surface area (Å²) in [6.07, 6.45) is 3.57. The monoisotopic (exact) mass is 516 g/mol. The molecule has 0 atom stereocenters. The molecule has 1 aromatic carbocycles. The van der Waals surface area contributed by atoms with Crippen molar-refractivity contribution in [2.75, 3.05) is 48.4 Å². The Morgan fingerprint density at radius 1 is 1.08 bits per heavy atom. The van der Waals surface area contributed by atoms with Crippen molar-refractivity contribution in [2.45, 2.75) is 26.3 Å². The third-order valence-corrected chi connectivity index (χ3v) is 7.10. The van der Waals surface area contributed by atoms with Crippen molar-refractivity contribution in [3.63, 3.8) is 0 Å². The summed E-state index contributed by atoms with van der Waals surface area (Å²) in [5, 5.41) is 7.48. The first-order valence-electron chi connectivity index (χ1n) is 12.4. The number of hydrogen-bond donors (Lipinski definition) is 3. The van der Waals surface area contributed by atoms with Crippen molar-refractivity contribution >= 4 is 33.9 Å². The lowest BCUT2D eigenvalue weighted by atomic mass is 9.93. The molecule has 4 aromatic rings. The average Bonchev–Trinajstić information content (AvgIpc) is 3.34. The summed E-state index contributed by atoms with van der Waals surface area (Å²) in [5.74, 6) is 1.44. The largest absolute Gasteiger partial charge is 0.378 e. The number of nitrogens with zero attached hydrogens (tertiary/aromatic N) is 5. The highest BCUT2D eigenvalue weighted by Gasteiger charge is 2.20. The Kier molecular flexibility index (Phi) is 7.31. The Bertz CT molecular complexity index is 1340. The van der Waals surface area contributed by atoms with Gasteiger partial charge in [0.25, 0.3) is 0 Å². The molecule has 5 rings (SSSR count). The second-order valence-electron chi connectivity index (χ2n) is 9.42. The number of aromatic nitrogens is 4. The summed E-state index contributed by atoms with van der Waals surface area (Å²) >= 11 is 1.58. The molecule has 192 valence electrons. The SMILES string of the molecule is CCNc1nc(-c2cccc(C(C)(C)N)c2)c(-c2ccnc(Nc3ccc(N4CCOCC4)nc3)n2)s1. The van der Waals surface area contributed by atoms with Gasteiger partial charge in [0.2, 0.25) is 5.95 Å². The summed E-state index contributed by atoms with van der Waals surface area (Å²) in [6, 6.07) is 14.2. The van der Waals surface area contributed by atoms with Gasteiger partial charge < -0.3 is 26.0 Å². The van der Waals surface area contributed by atoms with Crippen LogP contribution in [0.25, 0.3) is 21.8 Å².